The van der Waals surface area contributed by atoms with Gasteiger partial charge in [-0.05, 0) is 41.8 Å². The van der Waals surface area contributed by atoms with Crippen molar-refractivity contribution in [2.75, 3.05) is 20.8 Å². The zero-order valence-corrected chi connectivity index (χ0v) is 19.5. The number of epoxide rings is 1. The summed E-state index contributed by atoms with van der Waals surface area (Å²) in [5, 5.41) is 34.5. The number of ether oxygens (including phenoxy) is 6. The molecule has 1 spiro atoms. The average Bonchev–Trinajstić information content (AvgIpc) is 3.51. The number of aryl methyl sites for hydroxylation is 1. The number of phenols is 1. The second kappa shape index (κ2) is 6.71. The fourth-order valence-electron chi connectivity index (χ4n) is 6.80. The van der Waals surface area contributed by atoms with Gasteiger partial charge >= 0.3 is 0 Å². The molecule has 5 unspecified atom stereocenters. The van der Waals surface area contributed by atoms with Crippen LogP contribution in [0.5, 0.6) is 11.5 Å². The summed E-state index contributed by atoms with van der Waals surface area (Å²) in [5.74, 6) is -3.74. The molecular formula is C25H26O10. The smallest absolute Gasteiger partial charge is 0.274 e. The Morgan fingerprint density at radius 3 is 2.63 bits per heavy atom. The van der Waals surface area contributed by atoms with Gasteiger partial charge in [0, 0.05) is 26.2 Å². The fourth-order valence-corrected chi connectivity index (χ4v) is 6.80. The molecule has 0 aromatic heterocycles. The molecular weight excluding hydrogens is 460 g/mol. The summed E-state index contributed by atoms with van der Waals surface area (Å²) in [7, 11) is 2.89. The van der Waals surface area contributed by atoms with Crippen molar-refractivity contribution in [3.8, 4) is 11.5 Å². The number of benzene rings is 2. The van der Waals surface area contributed by atoms with E-state index in [1.54, 1.807) is 0 Å². The Kier molecular flexibility index (Phi) is 4.21. The predicted molar refractivity (Wildman–Crippen MR) is 117 cm³/mol. The van der Waals surface area contributed by atoms with Crippen molar-refractivity contribution in [2.45, 2.75) is 68.5 Å². The highest BCUT2D eigenvalue weighted by molar-refractivity contribution is 6.10. The van der Waals surface area contributed by atoms with Crippen LogP contribution in [0.4, 0.5) is 0 Å². The molecule has 3 N–H and O–H groups in total. The Balaban J connectivity index is 1.53. The van der Waals surface area contributed by atoms with E-state index in [1.165, 1.54) is 14.2 Å². The maximum absolute atomic E-state index is 12.8. The molecule has 10 nitrogen and oxygen atoms in total. The van der Waals surface area contributed by atoms with Crippen molar-refractivity contribution >= 4 is 16.6 Å². The molecule has 5 aliphatic rings. The minimum absolute atomic E-state index is 0.0801. The summed E-state index contributed by atoms with van der Waals surface area (Å²) in [5.41, 5.74) is 1.38. The number of rotatable bonds is 4. The number of methoxy groups -OCH3 is 2. The number of aliphatic hydroxyl groups is 2. The van der Waals surface area contributed by atoms with Crippen LogP contribution in [0, 0.1) is 6.92 Å². The van der Waals surface area contributed by atoms with E-state index in [9.17, 15) is 20.1 Å². The third-order valence-corrected chi connectivity index (χ3v) is 8.38. The van der Waals surface area contributed by atoms with Crippen molar-refractivity contribution in [3.63, 3.8) is 0 Å². The summed E-state index contributed by atoms with van der Waals surface area (Å²) < 4.78 is 35.8. The molecule has 0 saturated carbocycles. The molecule has 2 aromatic carbocycles. The van der Waals surface area contributed by atoms with Gasteiger partial charge in [-0.1, -0.05) is 6.07 Å². The predicted octanol–water partition coefficient (Wildman–Crippen LogP) is 1.50. The summed E-state index contributed by atoms with van der Waals surface area (Å²) in [4.78, 5) is 12.8. The van der Waals surface area contributed by atoms with Gasteiger partial charge in [-0.15, -0.1) is 0 Å². The van der Waals surface area contributed by atoms with Crippen LogP contribution in [0.3, 0.4) is 0 Å². The molecule has 10 heteroatoms. The number of fused-ring (bicyclic) bond motifs is 8. The monoisotopic (exact) mass is 486 g/mol. The second-order valence-corrected chi connectivity index (χ2v) is 9.94. The highest BCUT2D eigenvalue weighted by Gasteiger charge is 2.92. The Morgan fingerprint density at radius 2 is 1.97 bits per heavy atom. The highest BCUT2D eigenvalue weighted by Crippen LogP contribution is 2.70. The third kappa shape index (κ3) is 2.24. The van der Waals surface area contributed by atoms with Gasteiger partial charge in [-0.2, -0.15) is 0 Å². The van der Waals surface area contributed by atoms with Crippen molar-refractivity contribution in [3.05, 3.63) is 33.9 Å². The summed E-state index contributed by atoms with van der Waals surface area (Å²) >= 11 is 0. The number of aromatic hydroxyl groups is 1. The quantitative estimate of drug-likeness (QED) is 0.431. The van der Waals surface area contributed by atoms with E-state index in [0.717, 1.165) is 5.56 Å². The zero-order chi connectivity index (χ0) is 24.5. The van der Waals surface area contributed by atoms with Crippen LogP contribution in [0.2, 0.25) is 0 Å². The number of ketones is 1. The molecule has 3 fully saturated rings. The minimum Gasteiger partial charge on any atom is -0.506 e. The van der Waals surface area contributed by atoms with Crippen LogP contribution in [0.25, 0.3) is 10.8 Å². The van der Waals surface area contributed by atoms with E-state index >= 15 is 0 Å². The Morgan fingerprint density at radius 1 is 1.23 bits per heavy atom. The Hall–Kier alpha value is -2.31. The van der Waals surface area contributed by atoms with Gasteiger partial charge in [-0.25, -0.2) is 0 Å². The maximum Gasteiger partial charge on any atom is 0.274 e. The number of carbonyl (C=O) groups excluding carboxylic acids is 1. The first-order valence-corrected chi connectivity index (χ1v) is 11.7. The number of phenolic OH excluding ortho intramolecular Hbond substituents is 1. The lowest BCUT2D eigenvalue weighted by atomic mass is 9.77. The largest absolute Gasteiger partial charge is 0.506 e. The van der Waals surface area contributed by atoms with Crippen LogP contribution in [0.1, 0.15) is 51.6 Å². The normalized spacial score (nSPS) is 36.1. The first-order valence-electron chi connectivity index (χ1n) is 11.7. The van der Waals surface area contributed by atoms with Crippen LogP contribution in [-0.4, -0.2) is 71.5 Å². The average molecular weight is 486 g/mol. The van der Waals surface area contributed by atoms with E-state index in [2.05, 4.69) is 0 Å². The van der Waals surface area contributed by atoms with Gasteiger partial charge in [0.05, 0.1) is 24.2 Å². The number of Topliss-reactive ketones (excluding diaryl/α,β-unsaturated/α-hetero) is 1. The molecule has 4 heterocycles. The number of hydrogen-bond acceptors (Lipinski definition) is 10. The Bertz CT molecular complexity index is 1310. The summed E-state index contributed by atoms with van der Waals surface area (Å²) in [6.07, 6.45) is -1.18. The van der Waals surface area contributed by atoms with Crippen LogP contribution in [-0.2, 0) is 36.7 Å². The molecule has 35 heavy (non-hydrogen) atoms. The first kappa shape index (κ1) is 21.9. The number of carbonyl (C=O) groups is 1. The molecule has 186 valence electrons. The van der Waals surface area contributed by atoms with Gasteiger partial charge < -0.3 is 43.7 Å². The van der Waals surface area contributed by atoms with Crippen LogP contribution < -0.4 is 4.74 Å². The van der Waals surface area contributed by atoms with Gasteiger partial charge in [0.15, 0.2) is 11.9 Å². The number of aliphatic hydroxyl groups excluding tert-OH is 1. The molecule has 5 atom stereocenters. The van der Waals surface area contributed by atoms with Gasteiger partial charge in [0.25, 0.3) is 11.6 Å². The lowest BCUT2D eigenvalue weighted by molar-refractivity contribution is -0.344. The maximum atomic E-state index is 12.8. The van der Waals surface area contributed by atoms with Crippen molar-refractivity contribution in [1.82, 2.24) is 0 Å². The topological polar surface area (TPSA) is 136 Å². The van der Waals surface area contributed by atoms with Crippen molar-refractivity contribution in [2.24, 2.45) is 0 Å². The molecule has 0 radical (unpaired) electrons. The van der Waals surface area contributed by atoms with Gasteiger partial charge in [0.1, 0.15) is 17.6 Å². The standard InChI is InChI=1S/C25H26O10/c1-10-7-12-13(8-26)11-5-4-6-14(27)16(11)18(28)17(12)19-15(10)20-21-24(29,33-19)23(9-32-23)25(34-20,35-21)22(30-2)31-3/h7,20-22,26,28-29H,4-6,8-9H2,1-3H3. The minimum atomic E-state index is -1.97. The molecule has 3 saturated heterocycles. The van der Waals surface area contributed by atoms with E-state index in [-0.39, 0.29) is 41.4 Å². The molecule has 4 aliphatic heterocycles. The molecule has 2 aromatic rings. The lowest BCUT2D eigenvalue weighted by Crippen LogP contribution is -2.69. The lowest BCUT2D eigenvalue weighted by Gasteiger charge is -2.47. The third-order valence-electron chi connectivity index (χ3n) is 8.38. The Labute approximate surface area is 200 Å². The van der Waals surface area contributed by atoms with Crippen LogP contribution >= 0.6 is 0 Å². The molecule has 0 amide bonds. The SMILES string of the molecule is COC(OC)C12OC3c4c(C)cc5c(CO)c6c(c(O)c5c4OC(O)(C3O1)C21CO1)C(=O)CCC6. The second-order valence-electron chi connectivity index (χ2n) is 9.94. The zero-order valence-electron chi connectivity index (χ0n) is 19.5. The molecule has 7 rings (SSSR count). The molecule has 2 bridgehead atoms. The van der Waals surface area contributed by atoms with Crippen molar-refractivity contribution < 1.29 is 48.5 Å². The summed E-state index contributed by atoms with van der Waals surface area (Å²) in [6.45, 7) is 1.64. The first-order chi connectivity index (χ1) is 16.8. The van der Waals surface area contributed by atoms with Gasteiger partial charge in [0.2, 0.25) is 11.9 Å². The van der Waals surface area contributed by atoms with E-state index in [0.29, 0.717) is 41.3 Å². The number of hydrogen-bond donors (Lipinski definition) is 3. The molecule has 1 aliphatic carbocycles. The van der Waals surface area contributed by atoms with Crippen molar-refractivity contribution in [1.29, 1.82) is 0 Å². The van der Waals surface area contributed by atoms with Gasteiger partial charge in [-0.3, -0.25) is 4.79 Å². The fraction of sp³-hybridized carbons (Fsp3) is 0.560. The highest BCUT2D eigenvalue weighted by atomic mass is 16.9. The van der Waals surface area contributed by atoms with E-state index in [1.807, 2.05) is 13.0 Å². The van der Waals surface area contributed by atoms with Crippen LogP contribution in [0.15, 0.2) is 6.07 Å². The van der Waals surface area contributed by atoms with E-state index < -0.39 is 35.7 Å². The van der Waals surface area contributed by atoms with E-state index in [4.69, 9.17) is 28.4 Å². The summed E-state index contributed by atoms with van der Waals surface area (Å²) in [6, 6.07) is 1.85.